The molecule has 19 heavy (non-hydrogen) atoms. The average Bonchev–Trinajstić information content (AvgIpc) is 2.33. The SMILES string of the molecule is Cc1cc(Sc2ccc(Cl)c(Cl)c2)c(C(=O)O)cn1. The summed E-state index contributed by atoms with van der Waals surface area (Å²) in [6.07, 6.45) is 1.36. The Morgan fingerprint density at radius 1 is 1.26 bits per heavy atom. The number of aryl methyl sites for hydroxylation is 1. The molecule has 0 radical (unpaired) electrons. The van der Waals surface area contributed by atoms with Crippen molar-refractivity contribution in [2.45, 2.75) is 16.7 Å². The first-order chi connectivity index (χ1) is 8.97. The van der Waals surface area contributed by atoms with E-state index in [1.54, 1.807) is 24.3 Å². The molecule has 3 nitrogen and oxygen atoms in total. The van der Waals surface area contributed by atoms with E-state index in [0.29, 0.717) is 14.9 Å². The molecule has 1 aromatic carbocycles. The minimum atomic E-state index is -1.00. The first-order valence-corrected chi connectivity index (χ1v) is 6.87. The molecule has 2 rings (SSSR count). The van der Waals surface area contributed by atoms with Crippen LogP contribution < -0.4 is 0 Å². The van der Waals surface area contributed by atoms with Crippen molar-refractivity contribution in [2.24, 2.45) is 0 Å². The number of carboxylic acids is 1. The Morgan fingerprint density at radius 2 is 2.00 bits per heavy atom. The van der Waals surface area contributed by atoms with Gasteiger partial charge < -0.3 is 5.11 Å². The average molecular weight is 314 g/mol. The molecule has 1 heterocycles. The van der Waals surface area contributed by atoms with Crippen LogP contribution >= 0.6 is 35.0 Å². The van der Waals surface area contributed by atoms with E-state index in [-0.39, 0.29) is 5.56 Å². The van der Waals surface area contributed by atoms with Crippen LogP contribution in [0.2, 0.25) is 10.0 Å². The summed E-state index contributed by atoms with van der Waals surface area (Å²) in [5.41, 5.74) is 0.925. The van der Waals surface area contributed by atoms with Crippen LogP contribution in [0, 0.1) is 6.92 Å². The second-order valence-corrected chi connectivity index (χ2v) is 5.73. The summed E-state index contributed by atoms with van der Waals surface area (Å²) < 4.78 is 0. The van der Waals surface area contributed by atoms with Gasteiger partial charge in [-0.3, -0.25) is 4.98 Å². The van der Waals surface area contributed by atoms with Gasteiger partial charge in [-0.25, -0.2) is 4.79 Å². The van der Waals surface area contributed by atoms with E-state index >= 15 is 0 Å². The lowest BCUT2D eigenvalue weighted by molar-refractivity contribution is 0.0692. The Balaban J connectivity index is 2.39. The number of halogens is 2. The Kier molecular flexibility index (Phi) is 4.34. The molecule has 1 N–H and O–H groups in total. The van der Waals surface area contributed by atoms with Crippen molar-refractivity contribution >= 4 is 40.9 Å². The van der Waals surface area contributed by atoms with Crippen LogP contribution in [0.5, 0.6) is 0 Å². The normalized spacial score (nSPS) is 10.5. The molecular weight excluding hydrogens is 305 g/mol. The Labute approximate surface area is 124 Å². The first-order valence-electron chi connectivity index (χ1n) is 5.30. The summed E-state index contributed by atoms with van der Waals surface area (Å²) in [5, 5.41) is 10.0. The van der Waals surface area contributed by atoms with E-state index in [1.165, 1.54) is 18.0 Å². The molecular formula is C13H9Cl2NO2S. The van der Waals surface area contributed by atoms with E-state index in [9.17, 15) is 4.79 Å². The second-order valence-electron chi connectivity index (χ2n) is 3.80. The maximum Gasteiger partial charge on any atom is 0.338 e. The van der Waals surface area contributed by atoms with E-state index in [2.05, 4.69) is 4.98 Å². The highest BCUT2D eigenvalue weighted by Gasteiger charge is 2.12. The lowest BCUT2D eigenvalue weighted by Gasteiger charge is -2.07. The first kappa shape index (κ1) is 14.2. The van der Waals surface area contributed by atoms with Gasteiger partial charge in [-0.15, -0.1) is 0 Å². The molecule has 0 saturated carbocycles. The van der Waals surface area contributed by atoms with Crippen molar-refractivity contribution < 1.29 is 9.90 Å². The summed E-state index contributed by atoms with van der Waals surface area (Å²) >= 11 is 13.1. The van der Waals surface area contributed by atoms with Gasteiger partial charge in [0.25, 0.3) is 0 Å². The quantitative estimate of drug-likeness (QED) is 0.903. The van der Waals surface area contributed by atoms with Crippen molar-refractivity contribution in [3.05, 3.63) is 51.8 Å². The third-order valence-electron chi connectivity index (χ3n) is 2.35. The summed E-state index contributed by atoms with van der Waals surface area (Å²) in [6, 6.07) is 6.91. The number of carboxylic acid groups (broad SMARTS) is 1. The fraction of sp³-hybridized carbons (Fsp3) is 0.0769. The summed E-state index contributed by atoms with van der Waals surface area (Å²) in [6.45, 7) is 1.81. The molecule has 1 aromatic heterocycles. The van der Waals surface area contributed by atoms with Gasteiger partial charge in [0.15, 0.2) is 0 Å². The topological polar surface area (TPSA) is 50.2 Å². The predicted octanol–water partition coefficient (Wildman–Crippen LogP) is 4.55. The number of pyridine rings is 1. The highest BCUT2D eigenvalue weighted by molar-refractivity contribution is 7.99. The van der Waals surface area contributed by atoms with Crippen molar-refractivity contribution in [3.63, 3.8) is 0 Å². The zero-order valence-electron chi connectivity index (χ0n) is 9.85. The third kappa shape index (κ3) is 3.41. The molecule has 0 atom stereocenters. The van der Waals surface area contributed by atoms with Crippen LogP contribution in [0.3, 0.4) is 0 Å². The molecule has 0 aliphatic carbocycles. The molecule has 0 fully saturated rings. The van der Waals surface area contributed by atoms with Crippen molar-refractivity contribution in [2.75, 3.05) is 0 Å². The van der Waals surface area contributed by atoms with Crippen molar-refractivity contribution in [3.8, 4) is 0 Å². The molecule has 6 heteroatoms. The highest BCUT2D eigenvalue weighted by Crippen LogP contribution is 2.34. The second kappa shape index (κ2) is 5.82. The zero-order chi connectivity index (χ0) is 14.0. The van der Waals surface area contributed by atoms with Gasteiger partial charge in [0.2, 0.25) is 0 Å². The lowest BCUT2D eigenvalue weighted by atomic mass is 10.2. The highest BCUT2D eigenvalue weighted by atomic mass is 35.5. The molecule has 2 aromatic rings. The largest absolute Gasteiger partial charge is 0.478 e. The summed E-state index contributed by atoms with van der Waals surface area (Å²) in [5.74, 6) is -1.00. The molecule has 0 aliphatic heterocycles. The predicted molar refractivity (Wildman–Crippen MR) is 76.5 cm³/mol. The number of aromatic nitrogens is 1. The van der Waals surface area contributed by atoms with E-state index in [0.717, 1.165) is 10.6 Å². The lowest BCUT2D eigenvalue weighted by Crippen LogP contribution is -2.00. The van der Waals surface area contributed by atoms with Crippen LogP contribution in [0.15, 0.2) is 40.3 Å². The summed E-state index contributed by atoms with van der Waals surface area (Å²) in [4.78, 5) is 16.6. The van der Waals surface area contributed by atoms with E-state index in [1.807, 2.05) is 6.92 Å². The van der Waals surface area contributed by atoms with Gasteiger partial charge in [0, 0.05) is 21.7 Å². The third-order valence-corrected chi connectivity index (χ3v) is 4.14. The maximum absolute atomic E-state index is 11.1. The molecule has 0 bridgehead atoms. The van der Waals surface area contributed by atoms with Gasteiger partial charge in [-0.1, -0.05) is 35.0 Å². The monoisotopic (exact) mass is 313 g/mol. The van der Waals surface area contributed by atoms with Crippen LogP contribution in [-0.2, 0) is 0 Å². The molecule has 0 spiro atoms. The molecule has 0 unspecified atom stereocenters. The maximum atomic E-state index is 11.1. The Morgan fingerprint density at radius 3 is 2.63 bits per heavy atom. The fourth-order valence-electron chi connectivity index (χ4n) is 1.45. The smallest absolute Gasteiger partial charge is 0.338 e. The van der Waals surface area contributed by atoms with Gasteiger partial charge in [-0.2, -0.15) is 0 Å². The zero-order valence-corrected chi connectivity index (χ0v) is 12.2. The number of carbonyl (C=O) groups is 1. The van der Waals surface area contributed by atoms with Gasteiger partial charge >= 0.3 is 5.97 Å². The number of aromatic carboxylic acids is 1. The van der Waals surface area contributed by atoms with E-state index in [4.69, 9.17) is 28.3 Å². The molecule has 0 aliphatic rings. The van der Waals surface area contributed by atoms with E-state index < -0.39 is 5.97 Å². The standard InChI is InChI=1S/C13H9Cl2NO2S/c1-7-4-12(9(6-16-7)13(17)18)19-8-2-3-10(14)11(15)5-8/h2-6H,1H3,(H,17,18). The number of hydrogen-bond acceptors (Lipinski definition) is 3. The molecule has 0 amide bonds. The summed E-state index contributed by atoms with van der Waals surface area (Å²) in [7, 11) is 0. The molecule has 0 saturated heterocycles. The van der Waals surface area contributed by atoms with Crippen LogP contribution in [0.1, 0.15) is 16.1 Å². The van der Waals surface area contributed by atoms with Gasteiger partial charge in [-0.05, 0) is 31.2 Å². The van der Waals surface area contributed by atoms with Crippen LogP contribution in [0.25, 0.3) is 0 Å². The Hall–Kier alpha value is -1.23. The fourth-order valence-corrected chi connectivity index (χ4v) is 2.86. The van der Waals surface area contributed by atoms with Crippen molar-refractivity contribution in [1.82, 2.24) is 4.98 Å². The molecule has 98 valence electrons. The number of nitrogens with zero attached hydrogens (tertiary/aromatic N) is 1. The van der Waals surface area contributed by atoms with Crippen molar-refractivity contribution in [1.29, 1.82) is 0 Å². The van der Waals surface area contributed by atoms with Crippen LogP contribution in [0.4, 0.5) is 0 Å². The number of benzene rings is 1. The number of rotatable bonds is 3. The minimum absolute atomic E-state index is 0.168. The van der Waals surface area contributed by atoms with Gasteiger partial charge in [0.05, 0.1) is 15.6 Å². The van der Waals surface area contributed by atoms with Gasteiger partial charge in [0.1, 0.15) is 0 Å². The number of hydrogen-bond donors (Lipinski definition) is 1. The minimum Gasteiger partial charge on any atom is -0.478 e. The Bertz CT molecular complexity index is 647. The van der Waals surface area contributed by atoms with Crippen LogP contribution in [-0.4, -0.2) is 16.1 Å².